The predicted molar refractivity (Wildman–Crippen MR) is 159 cm³/mol. The molecule has 2 unspecified atom stereocenters. The molecule has 0 aromatic heterocycles. The second kappa shape index (κ2) is 31.9. The third kappa shape index (κ3) is 31.8. The molecule has 0 bridgehead atoms. The molecule has 0 saturated carbocycles. The van der Waals surface area contributed by atoms with E-state index in [-0.39, 0.29) is 5.91 Å². The lowest BCUT2D eigenvalue weighted by atomic mass is 10.0. The summed E-state index contributed by atoms with van der Waals surface area (Å²) in [7, 11) is 0. The van der Waals surface area contributed by atoms with E-state index in [1.165, 1.54) is 0 Å². The van der Waals surface area contributed by atoms with Gasteiger partial charge in [0.15, 0.2) is 0 Å². The SMILES string of the molecule is C/C=C\C(=C/CC)CC(NC(=O)C(C)NC(=O)[C@@H](N)CCCCC)C(N)=O.CC.CC.CC.CCC(F)(F)F. The zero-order valence-corrected chi connectivity index (χ0v) is 26.4. The van der Waals surface area contributed by atoms with Crippen molar-refractivity contribution in [3.8, 4) is 0 Å². The Morgan fingerprint density at radius 2 is 1.38 bits per heavy atom. The van der Waals surface area contributed by atoms with Gasteiger partial charge in [0.05, 0.1) is 6.04 Å². The van der Waals surface area contributed by atoms with Gasteiger partial charge in [-0.3, -0.25) is 14.4 Å². The Morgan fingerprint density at radius 1 is 0.897 bits per heavy atom. The van der Waals surface area contributed by atoms with Gasteiger partial charge in [-0.15, -0.1) is 0 Å². The summed E-state index contributed by atoms with van der Waals surface area (Å²) in [5.41, 5.74) is 12.2. The largest absolute Gasteiger partial charge is 0.388 e. The van der Waals surface area contributed by atoms with Crippen molar-refractivity contribution < 1.29 is 27.6 Å². The molecule has 0 rings (SSSR count). The number of hydrogen-bond acceptors (Lipinski definition) is 4. The number of amides is 3. The van der Waals surface area contributed by atoms with Crippen LogP contribution < -0.4 is 22.1 Å². The summed E-state index contributed by atoms with van der Waals surface area (Å²) in [4.78, 5) is 36.2. The maximum atomic E-state index is 12.4. The molecular formula is C29H59F3N4O3. The van der Waals surface area contributed by atoms with Gasteiger partial charge in [0.2, 0.25) is 17.7 Å². The Balaban J connectivity index is -0.000000272. The van der Waals surface area contributed by atoms with Crippen LogP contribution in [-0.4, -0.2) is 42.0 Å². The number of carbonyl (C=O) groups excluding carboxylic acids is 3. The molecule has 3 amide bonds. The fourth-order valence-electron chi connectivity index (χ4n) is 2.58. The highest BCUT2D eigenvalue weighted by atomic mass is 19.4. The number of alkyl halides is 3. The smallest absolute Gasteiger partial charge is 0.368 e. The van der Waals surface area contributed by atoms with Gasteiger partial charge >= 0.3 is 6.18 Å². The molecule has 0 aliphatic heterocycles. The van der Waals surface area contributed by atoms with E-state index in [2.05, 4.69) is 17.6 Å². The van der Waals surface area contributed by atoms with Gasteiger partial charge in [-0.2, -0.15) is 13.2 Å². The number of carbonyl (C=O) groups is 3. The summed E-state index contributed by atoms with van der Waals surface area (Å²) in [6.07, 6.45) is 5.64. The molecule has 7 nitrogen and oxygen atoms in total. The molecule has 234 valence electrons. The highest BCUT2D eigenvalue weighted by molar-refractivity contribution is 5.92. The lowest BCUT2D eigenvalue weighted by molar-refractivity contribution is -0.131. The van der Waals surface area contributed by atoms with Crippen LogP contribution in [0.4, 0.5) is 13.2 Å². The molecule has 0 aromatic rings. The summed E-state index contributed by atoms with van der Waals surface area (Å²) in [5, 5.41) is 5.21. The number of unbranched alkanes of at least 4 members (excludes halogenated alkanes) is 2. The van der Waals surface area contributed by atoms with Crippen LogP contribution in [0.25, 0.3) is 0 Å². The highest BCUT2D eigenvalue weighted by Crippen LogP contribution is 2.17. The minimum atomic E-state index is -3.96. The van der Waals surface area contributed by atoms with E-state index in [0.29, 0.717) is 12.8 Å². The topological polar surface area (TPSA) is 127 Å². The van der Waals surface area contributed by atoms with Crippen molar-refractivity contribution in [2.24, 2.45) is 11.5 Å². The number of rotatable bonds is 13. The van der Waals surface area contributed by atoms with Crippen molar-refractivity contribution in [3.05, 3.63) is 23.8 Å². The van der Waals surface area contributed by atoms with Crippen LogP contribution in [0.1, 0.15) is 121 Å². The van der Waals surface area contributed by atoms with Crippen LogP contribution in [-0.2, 0) is 14.4 Å². The molecule has 3 atom stereocenters. The van der Waals surface area contributed by atoms with Crippen molar-refractivity contribution >= 4 is 17.7 Å². The molecule has 0 heterocycles. The summed E-state index contributed by atoms with van der Waals surface area (Å²) in [5.74, 6) is -1.46. The average molecular weight is 569 g/mol. The molecule has 39 heavy (non-hydrogen) atoms. The average Bonchev–Trinajstić information content (AvgIpc) is 2.91. The van der Waals surface area contributed by atoms with Crippen LogP contribution in [0.3, 0.4) is 0 Å². The third-order valence-electron chi connectivity index (χ3n) is 4.56. The molecule has 0 aliphatic rings. The van der Waals surface area contributed by atoms with Crippen LogP contribution in [0.15, 0.2) is 23.8 Å². The van der Waals surface area contributed by atoms with E-state index in [4.69, 9.17) is 11.5 Å². The van der Waals surface area contributed by atoms with Crippen molar-refractivity contribution in [1.29, 1.82) is 0 Å². The first-order chi connectivity index (χ1) is 18.3. The summed E-state index contributed by atoms with van der Waals surface area (Å²) in [6, 6.07) is -2.30. The Hall–Kier alpha value is -2.36. The van der Waals surface area contributed by atoms with E-state index < -0.39 is 42.5 Å². The highest BCUT2D eigenvalue weighted by Gasteiger charge is 2.25. The van der Waals surface area contributed by atoms with E-state index in [0.717, 1.165) is 38.2 Å². The Labute approximate surface area is 236 Å². The van der Waals surface area contributed by atoms with E-state index >= 15 is 0 Å². The number of nitrogens with two attached hydrogens (primary N) is 2. The molecule has 0 spiro atoms. The molecule has 0 saturated heterocycles. The Kier molecular flexibility index (Phi) is 38.0. The zero-order valence-electron chi connectivity index (χ0n) is 26.4. The van der Waals surface area contributed by atoms with Crippen molar-refractivity contribution in [2.75, 3.05) is 0 Å². The summed E-state index contributed by atoms with van der Waals surface area (Å²) >= 11 is 0. The third-order valence-corrected chi connectivity index (χ3v) is 4.56. The van der Waals surface area contributed by atoms with Crippen LogP contribution in [0.2, 0.25) is 0 Å². The minimum Gasteiger partial charge on any atom is -0.368 e. The monoisotopic (exact) mass is 568 g/mol. The van der Waals surface area contributed by atoms with Gasteiger partial charge in [0.1, 0.15) is 12.1 Å². The standard InChI is InChI=1S/C20H36N4O3.C3H5F3.3C2H6/c1-5-8-9-12-16(21)20(27)23-14(4)19(26)24-17(18(22)25)13-15(10-6-2)11-7-3;1-2-3(4,5)6;3*1-2/h6,10-11,14,16-17H,5,7-9,12-13,21H2,1-4H3,(H2,22,25)(H,23,27)(H,24,26);2H2,1H3;3*1-2H3/b10-6-,15-11+;;;;/t14?,16-,17?;;;;/m0..../s1. The normalized spacial score (nSPS) is 12.8. The lowest BCUT2D eigenvalue weighted by Gasteiger charge is -2.21. The molecule has 0 radical (unpaired) electrons. The maximum Gasteiger partial charge on any atom is 0.388 e. The molecule has 0 aromatic carbocycles. The van der Waals surface area contributed by atoms with Gasteiger partial charge < -0.3 is 22.1 Å². The van der Waals surface area contributed by atoms with E-state index in [9.17, 15) is 27.6 Å². The predicted octanol–water partition coefficient (Wildman–Crippen LogP) is 6.71. The van der Waals surface area contributed by atoms with Gasteiger partial charge in [-0.1, -0.05) is 99.8 Å². The number of nitrogens with one attached hydrogen (secondary N) is 2. The second-order valence-electron chi connectivity index (χ2n) is 7.66. The molecule has 0 aliphatic carbocycles. The number of primary amides is 1. The second-order valence-corrected chi connectivity index (χ2v) is 7.66. The first kappa shape index (κ1) is 46.5. The molecule has 10 heteroatoms. The van der Waals surface area contributed by atoms with Crippen LogP contribution in [0.5, 0.6) is 0 Å². The van der Waals surface area contributed by atoms with Gasteiger partial charge in [0.25, 0.3) is 0 Å². The maximum absolute atomic E-state index is 12.4. The number of hydrogen-bond donors (Lipinski definition) is 4. The van der Waals surface area contributed by atoms with Gasteiger partial charge in [-0.05, 0) is 32.3 Å². The Morgan fingerprint density at radius 3 is 1.74 bits per heavy atom. The van der Waals surface area contributed by atoms with E-state index in [1.807, 2.05) is 73.6 Å². The summed E-state index contributed by atoms with van der Waals surface area (Å²) in [6.45, 7) is 20.6. The van der Waals surface area contributed by atoms with Gasteiger partial charge in [0, 0.05) is 12.8 Å². The number of halogens is 3. The van der Waals surface area contributed by atoms with Crippen molar-refractivity contribution in [2.45, 2.75) is 145 Å². The van der Waals surface area contributed by atoms with Crippen molar-refractivity contribution in [1.82, 2.24) is 10.6 Å². The van der Waals surface area contributed by atoms with E-state index in [1.54, 1.807) is 6.92 Å². The molecular weight excluding hydrogens is 509 g/mol. The molecule has 0 fully saturated rings. The quantitative estimate of drug-likeness (QED) is 0.145. The summed E-state index contributed by atoms with van der Waals surface area (Å²) < 4.78 is 32.4. The minimum absolute atomic E-state index is 0.302. The Bertz CT molecular complexity index is 652. The fraction of sp³-hybridized carbons (Fsp3) is 0.759. The number of allylic oxidation sites excluding steroid dienone is 3. The van der Waals surface area contributed by atoms with Gasteiger partial charge in [-0.25, -0.2) is 0 Å². The zero-order chi connectivity index (χ0) is 32.0. The lowest BCUT2D eigenvalue weighted by Crippen LogP contribution is -2.54. The van der Waals surface area contributed by atoms with Crippen LogP contribution in [0, 0.1) is 0 Å². The fourth-order valence-corrected chi connectivity index (χ4v) is 2.58. The first-order valence-electron chi connectivity index (χ1n) is 14.4. The van der Waals surface area contributed by atoms with Crippen LogP contribution >= 0.6 is 0 Å². The van der Waals surface area contributed by atoms with Crippen molar-refractivity contribution in [3.63, 3.8) is 0 Å². The first-order valence-corrected chi connectivity index (χ1v) is 14.4. The molecule has 6 N–H and O–H groups in total.